The van der Waals surface area contributed by atoms with E-state index in [1.807, 2.05) is 0 Å². The van der Waals surface area contributed by atoms with Gasteiger partial charge in [0.15, 0.2) is 0 Å². The van der Waals surface area contributed by atoms with Crippen molar-refractivity contribution in [3.8, 4) is 0 Å². The van der Waals surface area contributed by atoms with Gasteiger partial charge >= 0.3 is 0 Å². The van der Waals surface area contributed by atoms with Crippen molar-refractivity contribution in [2.75, 3.05) is 0 Å². The lowest BCUT2D eigenvalue weighted by Crippen LogP contribution is -2.18. The zero-order valence-electron chi connectivity index (χ0n) is 9.81. The molecule has 0 saturated carbocycles. The van der Waals surface area contributed by atoms with Crippen molar-refractivity contribution >= 4 is 15.9 Å². The molecule has 0 N–H and O–H groups in total. The molecule has 0 saturated heterocycles. The van der Waals surface area contributed by atoms with E-state index in [0.717, 1.165) is 22.6 Å². The summed E-state index contributed by atoms with van der Waals surface area (Å²) in [7, 11) is 0. The lowest BCUT2D eigenvalue weighted by molar-refractivity contribution is 0.334. The first kappa shape index (κ1) is 13.5. The third kappa shape index (κ3) is 6.54. The Balaban J connectivity index is 4.02. The van der Waals surface area contributed by atoms with Crippen LogP contribution in [0.1, 0.15) is 53.9 Å². The quantitative estimate of drug-likeness (QED) is 0.589. The van der Waals surface area contributed by atoms with Crippen molar-refractivity contribution in [1.82, 2.24) is 0 Å². The summed E-state index contributed by atoms with van der Waals surface area (Å²) in [5, 5.41) is 0. The Kier molecular flexibility index (Phi) is 7.12. The molecule has 0 aromatic carbocycles. The molecule has 0 spiro atoms. The SMILES string of the molecule is CCC(Br)C(CC(C)C)CC(C)C. The van der Waals surface area contributed by atoms with Gasteiger partial charge in [0, 0.05) is 4.83 Å². The van der Waals surface area contributed by atoms with Crippen LogP contribution in [0.4, 0.5) is 0 Å². The van der Waals surface area contributed by atoms with Gasteiger partial charge in [0.1, 0.15) is 0 Å². The van der Waals surface area contributed by atoms with E-state index in [1.54, 1.807) is 0 Å². The van der Waals surface area contributed by atoms with Gasteiger partial charge in [-0.15, -0.1) is 0 Å². The van der Waals surface area contributed by atoms with Crippen LogP contribution in [0.25, 0.3) is 0 Å². The van der Waals surface area contributed by atoms with Crippen molar-refractivity contribution in [2.24, 2.45) is 17.8 Å². The molecule has 13 heavy (non-hydrogen) atoms. The molecular formula is C12H25Br. The maximum Gasteiger partial charge on any atom is 0.0171 e. The standard InChI is InChI=1S/C12H25Br/c1-6-12(13)11(7-9(2)3)8-10(4)5/h9-12H,6-8H2,1-5H3. The van der Waals surface area contributed by atoms with E-state index in [9.17, 15) is 0 Å². The van der Waals surface area contributed by atoms with E-state index in [0.29, 0.717) is 0 Å². The molecule has 0 rings (SSSR count). The van der Waals surface area contributed by atoms with Gasteiger partial charge in [0.05, 0.1) is 0 Å². The maximum atomic E-state index is 3.80. The Morgan fingerprint density at radius 2 is 1.31 bits per heavy atom. The number of rotatable bonds is 6. The molecule has 0 radical (unpaired) electrons. The molecule has 0 nitrogen and oxygen atoms in total. The van der Waals surface area contributed by atoms with Crippen molar-refractivity contribution < 1.29 is 0 Å². The highest BCUT2D eigenvalue weighted by atomic mass is 79.9. The molecule has 1 atom stereocenters. The van der Waals surface area contributed by atoms with Crippen LogP contribution in [0.15, 0.2) is 0 Å². The average Bonchev–Trinajstić information content (AvgIpc) is 2.00. The second-order valence-corrected chi connectivity index (χ2v) is 6.12. The summed E-state index contributed by atoms with van der Waals surface area (Å²) >= 11 is 3.80. The van der Waals surface area contributed by atoms with Crippen molar-refractivity contribution in [1.29, 1.82) is 0 Å². The fraction of sp³-hybridized carbons (Fsp3) is 1.00. The highest BCUT2D eigenvalue weighted by Crippen LogP contribution is 2.29. The third-order valence-corrected chi connectivity index (χ3v) is 3.84. The summed E-state index contributed by atoms with van der Waals surface area (Å²) in [5.41, 5.74) is 0. The van der Waals surface area contributed by atoms with Crippen LogP contribution in [0, 0.1) is 17.8 Å². The Hall–Kier alpha value is 0.480. The van der Waals surface area contributed by atoms with Crippen LogP contribution < -0.4 is 0 Å². The van der Waals surface area contributed by atoms with Crippen LogP contribution in [0.2, 0.25) is 0 Å². The highest BCUT2D eigenvalue weighted by Gasteiger charge is 2.19. The van der Waals surface area contributed by atoms with Crippen molar-refractivity contribution in [3.63, 3.8) is 0 Å². The molecule has 0 aromatic heterocycles. The molecule has 0 aliphatic rings. The smallest absolute Gasteiger partial charge is 0.0171 e. The Labute approximate surface area is 92.6 Å². The topological polar surface area (TPSA) is 0 Å². The third-order valence-electron chi connectivity index (χ3n) is 2.45. The molecule has 0 heterocycles. The normalized spacial score (nSPS) is 14.5. The Morgan fingerprint density at radius 1 is 0.923 bits per heavy atom. The molecule has 0 fully saturated rings. The van der Waals surface area contributed by atoms with Crippen LogP contribution in [0.5, 0.6) is 0 Å². The zero-order chi connectivity index (χ0) is 10.4. The monoisotopic (exact) mass is 248 g/mol. The summed E-state index contributed by atoms with van der Waals surface area (Å²) in [6.45, 7) is 11.6. The molecule has 0 aliphatic carbocycles. The van der Waals surface area contributed by atoms with Gasteiger partial charge in [-0.1, -0.05) is 50.5 Å². The number of halogens is 1. The van der Waals surface area contributed by atoms with Crippen LogP contribution >= 0.6 is 15.9 Å². The molecule has 80 valence electrons. The molecule has 0 bridgehead atoms. The molecule has 1 heteroatoms. The first-order chi connectivity index (χ1) is 5.97. The van der Waals surface area contributed by atoms with E-state index >= 15 is 0 Å². The number of alkyl halides is 1. The lowest BCUT2D eigenvalue weighted by Gasteiger charge is -2.25. The maximum absolute atomic E-state index is 3.80. The summed E-state index contributed by atoms with van der Waals surface area (Å²) < 4.78 is 0. The second kappa shape index (κ2) is 6.86. The molecule has 0 aromatic rings. The van der Waals surface area contributed by atoms with Crippen LogP contribution in [-0.4, -0.2) is 4.83 Å². The van der Waals surface area contributed by atoms with Crippen LogP contribution in [0.3, 0.4) is 0 Å². The predicted octanol–water partition coefficient (Wildman–Crippen LogP) is 4.87. The Morgan fingerprint density at radius 3 is 1.54 bits per heavy atom. The highest BCUT2D eigenvalue weighted by molar-refractivity contribution is 9.09. The minimum absolute atomic E-state index is 0.720. The van der Waals surface area contributed by atoms with E-state index in [1.165, 1.54) is 19.3 Å². The molecule has 0 aliphatic heterocycles. The number of hydrogen-bond donors (Lipinski definition) is 0. The molecule has 1 unspecified atom stereocenters. The fourth-order valence-corrected chi connectivity index (χ4v) is 2.37. The van der Waals surface area contributed by atoms with E-state index < -0.39 is 0 Å². The summed E-state index contributed by atoms with van der Waals surface area (Å²) in [6.07, 6.45) is 3.98. The molecular weight excluding hydrogens is 224 g/mol. The molecule has 0 amide bonds. The van der Waals surface area contributed by atoms with Gasteiger partial charge in [-0.05, 0) is 37.0 Å². The first-order valence-corrected chi connectivity index (χ1v) is 6.52. The fourth-order valence-electron chi connectivity index (χ4n) is 1.94. The van der Waals surface area contributed by atoms with E-state index in [4.69, 9.17) is 0 Å². The second-order valence-electron chi connectivity index (χ2n) is 4.94. The summed E-state index contributed by atoms with van der Waals surface area (Å²) in [4.78, 5) is 0.720. The minimum Gasteiger partial charge on any atom is -0.0888 e. The van der Waals surface area contributed by atoms with Gasteiger partial charge in [0.2, 0.25) is 0 Å². The summed E-state index contributed by atoms with van der Waals surface area (Å²) in [6, 6.07) is 0. The predicted molar refractivity (Wildman–Crippen MR) is 65.4 cm³/mol. The minimum atomic E-state index is 0.720. The first-order valence-electron chi connectivity index (χ1n) is 5.61. The van der Waals surface area contributed by atoms with Gasteiger partial charge < -0.3 is 0 Å². The zero-order valence-corrected chi connectivity index (χ0v) is 11.4. The van der Waals surface area contributed by atoms with Gasteiger partial charge in [-0.25, -0.2) is 0 Å². The largest absolute Gasteiger partial charge is 0.0888 e. The lowest BCUT2D eigenvalue weighted by atomic mass is 9.86. The van der Waals surface area contributed by atoms with E-state index in [2.05, 4.69) is 50.5 Å². The van der Waals surface area contributed by atoms with Crippen molar-refractivity contribution in [3.05, 3.63) is 0 Å². The van der Waals surface area contributed by atoms with Crippen molar-refractivity contribution in [2.45, 2.75) is 58.7 Å². The average molecular weight is 249 g/mol. The van der Waals surface area contributed by atoms with Crippen LogP contribution in [-0.2, 0) is 0 Å². The van der Waals surface area contributed by atoms with E-state index in [-0.39, 0.29) is 0 Å². The Bertz CT molecular complexity index is 108. The number of hydrogen-bond acceptors (Lipinski definition) is 0. The van der Waals surface area contributed by atoms with Gasteiger partial charge in [-0.3, -0.25) is 0 Å². The van der Waals surface area contributed by atoms with Gasteiger partial charge in [0.25, 0.3) is 0 Å². The van der Waals surface area contributed by atoms with Gasteiger partial charge in [-0.2, -0.15) is 0 Å². The summed E-state index contributed by atoms with van der Waals surface area (Å²) in [5.74, 6) is 2.52.